The number of ketones is 1. The van der Waals surface area contributed by atoms with Gasteiger partial charge in [-0.05, 0) is 70.6 Å². The number of benzene rings is 1. The molecular weight excluding hydrogens is 638 g/mol. The first kappa shape index (κ1) is 44.8. The fourth-order valence-electron chi connectivity index (χ4n) is 5.49. The summed E-state index contributed by atoms with van der Waals surface area (Å²) in [7, 11) is 1.22. The van der Waals surface area contributed by atoms with Gasteiger partial charge >= 0.3 is 11.9 Å². The number of aliphatic hydroxyl groups excluding tert-OH is 1. The van der Waals surface area contributed by atoms with E-state index in [2.05, 4.69) is 19.2 Å². The van der Waals surface area contributed by atoms with Gasteiger partial charge in [-0.2, -0.15) is 0 Å². The SMILES string of the molecule is CCCCCCCC(=O)CCCCCCC=C[C@H](C(=O)N[C@@H](Cc1ccc(OCCCC)cc1)C(=O)OC)[C@@](O)(CCO)C(=O)OC(C)(C)C. The quantitative estimate of drug-likeness (QED) is 0.0502. The highest BCUT2D eigenvalue weighted by atomic mass is 16.6. The molecule has 1 rings (SSSR count). The zero-order valence-electron chi connectivity index (χ0n) is 31.6. The third-order valence-electron chi connectivity index (χ3n) is 8.44. The summed E-state index contributed by atoms with van der Waals surface area (Å²) in [5.74, 6) is -2.99. The van der Waals surface area contributed by atoms with Crippen molar-refractivity contribution in [3.8, 4) is 5.75 Å². The number of carbonyl (C=O) groups excluding carboxylic acids is 4. The highest BCUT2D eigenvalue weighted by Gasteiger charge is 2.49. The van der Waals surface area contributed by atoms with Crippen molar-refractivity contribution in [3.05, 3.63) is 42.0 Å². The van der Waals surface area contributed by atoms with Crippen LogP contribution < -0.4 is 10.1 Å². The lowest BCUT2D eigenvalue weighted by Crippen LogP contribution is -2.56. The molecule has 0 aliphatic heterocycles. The maximum atomic E-state index is 13.9. The Bertz CT molecular complexity index is 1160. The number of nitrogens with one attached hydrogen (secondary N) is 1. The zero-order valence-corrected chi connectivity index (χ0v) is 31.6. The number of hydrogen-bond acceptors (Lipinski definition) is 9. The summed E-state index contributed by atoms with van der Waals surface area (Å²) in [5, 5.41) is 24.2. The molecule has 0 unspecified atom stereocenters. The van der Waals surface area contributed by atoms with Crippen molar-refractivity contribution >= 4 is 23.6 Å². The molecule has 0 aromatic heterocycles. The Morgan fingerprint density at radius 1 is 0.860 bits per heavy atom. The van der Waals surface area contributed by atoms with Crippen LogP contribution in [0.1, 0.15) is 136 Å². The average Bonchev–Trinajstić information content (AvgIpc) is 3.06. The lowest BCUT2D eigenvalue weighted by atomic mass is 9.82. The van der Waals surface area contributed by atoms with Gasteiger partial charge in [0.2, 0.25) is 5.91 Å². The zero-order chi connectivity index (χ0) is 37.4. The Kier molecular flexibility index (Phi) is 22.2. The van der Waals surface area contributed by atoms with E-state index >= 15 is 0 Å². The summed E-state index contributed by atoms with van der Waals surface area (Å²) in [4.78, 5) is 52.2. The van der Waals surface area contributed by atoms with Gasteiger partial charge in [0, 0.05) is 32.3 Å². The number of unbranched alkanes of at least 4 members (excludes halogenated alkanes) is 9. The average molecular weight is 704 g/mol. The molecule has 284 valence electrons. The molecule has 50 heavy (non-hydrogen) atoms. The van der Waals surface area contributed by atoms with E-state index in [4.69, 9.17) is 14.2 Å². The van der Waals surface area contributed by atoms with Crippen molar-refractivity contribution in [2.45, 2.75) is 155 Å². The fraction of sp³-hybridized carbons (Fsp3) is 0.700. The van der Waals surface area contributed by atoms with Crippen molar-refractivity contribution in [2.24, 2.45) is 5.92 Å². The molecule has 1 aromatic carbocycles. The molecule has 10 heteroatoms. The second-order valence-electron chi connectivity index (χ2n) is 14.1. The van der Waals surface area contributed by atoms with Crippen LogP contribution in [0, 0.1) is 5.92 Å². The molecule has 0 saturated carbocycles. The van der Waals surface area contributed by atoms with Crippen molar-refractivity contribution < 1.29 is 43.6 Å². The molecule has 0 saturated heterocycles. The summed E-state index contributed by atoms with van der Waals surface area (Å²) in [6, 6.07) is 6.07. The van der Waals surface area contributed by atoms with E-state index in [0.29, 0.717) is 37.4 Å². The molecule has 0 radical (unpaired) electrons. The maximum absolute atomic E-state index is 13.9. The van der Waals surface area contributed by atoms with E-state index < -0.39 is 54.0 Å². The van der Waals surface area contributed by atoms with Crippen molar-refractivity contribution in [3.63, 3.8) is 0 Å². The van der Waals surface area contributed by atoms with Crippen molar-refractivity contribution in [1.82, 2.24) is 5.32 Å². The summed E-state index contributed by atoms with van der Waals surface area (Å²) in [6.07, 6.45) is 15.6. The number of ether oxygens (including phenoxy) is 3. The van der Waals surface area contributed by atoms with Crippen LogP contribution in [0.2, 0.25) is 0 Å². The molecule has 0 aliphatic rings. The number of carbonyl (C=O) groups is 4. The summed E-state index contributed by atoms with van der Waals surface area (Å²) < 4.78 is 16.2. The Hall–Kier alpha value is -3.24. The number of methoxy groups -OCH3 is 1. The predicted molar refractivity (Wildman–Crippen MR) is 196 cm³/mol. The minimum Gasteiger partial charge on any atom is -0.494 e. The maximum Gasteiger partial charge on any atom is 0.339 e. The minimum atomic E-state index is -2.41. The van der Waals surface area contributed by atoms with Crippen LogP contribution in [-0.2, 0) is 35.1 Å². The van der Waals surface area contributed by atoms with Gasteiger partial charge < -0.3 is 29.7 Å². The molecule has 0 aliphatic carbocycles. The number of rotatable bonds is 27. The van der Waals surface area contributed by atoms with Gasteiger partial charge in [-0.15, -0.1) is 0 Å². The summed E-state index contributed by atoms with van der Waals surface area (Å²) in [6.45, 7) is 9.19. The van der Waals surface area contributed by atoms with E-state index in [1.54, 1.807) is 51.1 Å². The lowest BCUT2D eigenvalue weighted by Gasteiger charge is -2.34. The Morgan fingerprint density at radius 3 is 2.02 bits per heavy atom. The first-order chi connectivity index (χ1) is 23.8. The molecule has 1 amide bonds. The minimum absolute atomic E-state index is 0.0936. The largest absolute Gasteiger partial charge is 0.494 e. The van der Waals surface area contributed by atoms with E-state index in [1.165, 1.54) is 32.4 Å². The van der Waals surface area contributed by atoms with Crippen LogP contribution >= 0.6 is 0 Å². The van der Waals surface area contributed by atoms with Gasteiger partial charge in [-0.25, -0.2) is 9.59 Å². The van der Waals surface area contributed by atoms with Crippen molar-refractivity contribution in [1.29, 1.82) is 0 Å². The van der Waals surface area contributed by atoms with Crippen LogP contribution in [0.4, 0.5) is 0 Å². The van der Waals surface area contributed by atoms with E-state index in [-0.39, 0.29) is 6.42 Å². The molecule has 0 fully saturated rings. The van der Waals surface area contributed by atoms with Crippen LogP contribution in [0.3, 0.4) is 0 Å². The lowest BCUT2D eigenvalue weighted by molar-refractivity contribution is -0.185. The molecule has 10 nitrogen and oxygen atoms in total. The second-order valence-corrected chi connectivity index (χ2v) is 14.1. The van der Waals surface area contributed by atoms with Crippen LogP contribution in [0.5, 0.6) is 5.75 Å². The third-order valence-corrected chi connectivity index (χ3v) is 8.44. The number of aliphatic hydroxyl groups is 2. The number of esters is 2. The number of Topliss-reactive ketones (excluding diaryl/α,β-unsaturated/α-hetero) is 1. The van der Waals surface area contributed by atoms with Gasteiger partial charge in [-0.1, -0.05) is 83.1 Å². The van der Waals surface area contributed by atoms with E-state index in [1.807, 2.05) is 0 Å². The number of amides is 1. The molecular formula is C40H65NO9. The molecule has 3 atom stereocenters. The van der Waals surface area contributed by atoms with Crippen LogP contribution in [-0.4, -0.2) is 71.4 Å². The number of hydrogen-bond donors (Lipinski definition) is 3. The van der Waals surface area contributed by atoms with Crippen LogP contribution in [0.25, 0.3) is 0 Å². The first-order valence-corrected chi connectivity index (χ1v) is 18.7. The monoisotopic (exact) mass is 703 g/mol. The van der Waals surface area contributed by atoms with Gasteiger partial charge in [0.05, 0.1) is 19.6 Å². The molecule has 0 heterocycles. The Morgan fingerprint density at radius 2 is 1.46 bits per heavy atom. The standard InChI is InChI=1S/C40H65NO9/c1-7-9-11-14-17-20-32(43)21-18-15-12-13-16-19-22-34(40(47,27-28-42)38(46)50-39(3,4)5)36(44)41-35(37(45)48-6)30-31-23-25-33(26-24-31)49-29-10-8-2/h19,22-26,34-35,42,47H,7-18,20-21,27-30H2,1-6H3,(H,41,44)/t34-,35+,40+/m1/s1. The normalized spacial score (nSPS) is 14.1. The highest BCUT2D eigenvalue weighted by Crippen LogP contribution is 2.29. The smallest absolute Gasteiger partial charge is 0.339 e. The van der Waals surface area contributed by atoms with Gasteiger partial charge in [-0.3, -0.25) is 9.59 Å². The Balaban J connectivity index is 3.02. The van der Waals surface area contributed by atoms with Crippen molar-refractivity contribution in [2.75, 3.05) is 20.3 Å². The van der Waals surface area contributed by atoms with Gasteiger partial charge in [0.1, 0.15) is 23.2 Å². The van der Waals surface area contributed by atoms with Gasteiger partial charge in [0.25, 0.3) is 0 Å². The summed E-state index contributed by atoms with van der Waals surface area (Å²) in [5.41, 5.74) is -2.64. The van der Waals surface area contributed by atoms with Crippen LogP contribution in [0.15, 0.2) is 36.4 Å². The van der Waals surface area contributed by atoms with Gasteiger partial charge in [0.15, 0.2) is 5.60 Å². The van der Waals surface area contributed by atoms with E-state index in [9.17, 15) is 29.4 Å². The second kappa shape index (κ2) is 24.8. The first-order valence-electron chi connectivity index (χ1n) is 18.7. The summed E-state index contributed by atoms with van der Waals surface area (Å²) >= 11 is 0. The Labute approximate surface area is 300 Å². The molecule has 3 N–H and O–H groups in total. The molecule has 0 spiro atoms. The fourth-order valence-corrected chi connectivity index (χ4v) is 5.49. The third kappa shape index (κ3) is 18.1. The molecule has 1 aromatic rings. The highest BCUT2D eigenvalue weighted by molar-refractivity contribution is 5.93. The number of allylic oxidation sites excluding steroid dienone is 1. The van der Waals surface area contributed by atoms with E-state index in [0.717, 1.165) is 56.9 Å². The predicted octanol–water partition coefficient (Wildman–Crippen LogP) is 6.96. The molecule has 0 bridgehead atoms. The topological polar surface area (TPSA) is 148 Å².